The van der Waals surface area contributed by atoms with Crippen molar-refractivity contribution >= 4 is 34.6 Å². The molecule has 0 aliphatic carbocycles. The van der Waals surface area contributed by atoms with Gasteiger partial charge in [-0.2, -0.15) is 0 Å². The van der Waals surface area contributed by atoms with Gasteiger partial charge in [0.25, 0.3) is 5.91 Å². The number of aromatic nitrogens is 1. The topological polar surface area (TPSA) is 111 Å². The lowest BCUT2D eigenvalue weighted by Gasteiger charge is -2.21. The molecule has 0 saturated carbocycles. The maximum atomic E-state index is 12.6. The van der Waals surface area contributed by atoms with Gasteiger partial charge in [0.15, 0.2) is 12.2 Å². The third-order valence-electron chi connectivity index (χ3n) is 5.29. The number of anilines is 1. The van der Waals surface area contributed by atoms with Gasteiger partial charge in [0, 0.05) is 25.2 Å². The van der Waals surface area contributed by atoms with Crippen LogP contribution in [0.5, 0.6) is 0 Å². The number of esters is 1. The van der Waals surface area contributed by atoms with Crippen LogP contribution in [-0.2, 0) is 25.7 Å². The molecule has 180 valence electrons. The number of hydrogen-bond donors (Lipinski definition) is 1. The Morgan fingerprint density at radius 1 is 1.09 bits per heavy atom. The number of carbonyl (C=O) groups is 3. The van der Waals surface area contributed by atoms with Crippen LogP contribution in [0, 0.1) is 6.92 Å². The summed E-state index contributed by atoms with van der Waals surface area (Å²) in [6, 6.07) is 14.4. The van der Waals surface area contributed by atoms with Crippen LogP contribution in [0.3, 0.4) is 0 Å². The fourth-order valence-corrected chi connectivity index (χ4v) is 3.55. The number of aryl methyl sites for hydroxylation is 2. The Morgan fingerprint density at radius 2 is 1.82 bits per heavy atom. The Bertz CT molecular complexity index is 1210. The molecular formula is C25H29N3O6. The van der Waals surface area contributed by atoms with E-state index in [4.69, 9.17) is 9.15 Å². The van der Waals surface area contributed by atoms with Gasteiger partial charge >= 0.3 is 11.7 Å². The van der Waals surface area contributed by atoms with Crippen LogP contribution >= 0.6 is 0 Å². The van der Waals surface area contributed by atoms with E-state index in [1.807, 2.05) is 32.0 Å². The van der Waals surface area contributed by atoms with Crippen LogP contribution in [0.4, 0.5) is 5.69 Å². The zero-order valence-electron chi connectivity index (χ0n) is 19.4. The number of rotatable bonds is 11. The molecule has 0 saturated heterocycles. The van der Waals surface area contributed by atoms with Gasteiger partial charge in [0.05, 0.1) is 12.1 Å². The van der Waals surface area contributed by atoms with E-state index in [9.17, 15) is 19.2 Å². The van der Waals surface area contributed by atoms with Crippen molar-refractivity contribution in [2.45, 2.75) is 39.7 Å². The second kappa shape index (κ2) is 11.8. The second-order valence-electron chi connectivity index (χ2n) is 7.93. The van der Waals surface area contributed by atoms with Gasteiger partial charge in [-0.3, -0.25) is 19.0 Å². The number of carbonyl (C=O) groups excluding carboxylic acids is 3. The zero-order valence-corrected chi connectivity index (χ0v) is 19.4. The zero-order chi connectivity index (χ0) is 24.5. The van der Waals surface area contributed by atoms with Gasteiger partial charge in [-0.25, -0.2) is 4.79 Å². The minimum atomic E-state index is -0.546. The quantitative estimate of drug-likeness (QED) is 0.434. The molecule has 2 amide bonds. The number of para-hydroxylation sites is 3. The fourth-order valence-electron chi connectivity index (χ4n) is 3.55. The van der Waals surface area contributed by atoms with Crippen molar-refractivity contribution in [2.75, 3.05) is 25.0 Å². The lowest BCUT2D eigenvalue weighted by molar-refractivity contribution is -0.152. The minimum absolute atomic E-state index is 0.0424. The maximum Gasteiger partial charge on any atom is 0.419 e. The van der Waals surface area contributed by atoms with Crippen molar-refractivity contribution in [1.29, 1.82) is 0 Å². The molecule has 34 heavy (non-hydrogen) atoms. The third kappa shape index (κ3) is 6.57. The van der Waals surface area contributed by atoms with Gasteiger partial charge in [-0.15, -0.1) is 0 Å². The van der Waals surface area contributed by atoms with Crippen molar-refractivity contribution in [2.24, 2.45) is 0 Å². The van der Waals surface area contributed by atoms with Crippen molar-refractivity contribution in [3.8, 4) is 0 Å². The Hall–Kier alpha value is -3.88. The van der Waals surface area contributed by atoms with Crippen LogP contribution in [0.2, 0.25) is 0 Å². The molecule has 0 fully saturated rings. The van der Waals surface area contributed by atoms with E-state index in [0.717, 1.165) is 5.56 Å². The molecule has 0 unspecified atom stereocenters. The molecular weight excluding hydrogens is 438 g/mol. The van der Waals surface area contributed by atoms with Crippen molar-refractivity contribution < 1.29 is 23.5 Å². The minimum Gasteiger partial charge on any atom is -0.456 e. The van der Waals surface area contributed by atoms with Gasteiger partial charge in [-0.05, 0) is 43.5 Å². The molecule has 0 atom stereocenters. The number of hydrogen-bond acceptors (Lipinski definition) is 6. The molecule has 0 spiro atoms. The highest BCUT2D eigenvalue weighted by atomic mass is 16.5. The van der Waals surface area contributed by atoms with Crippen LogP contribution < -0.4 is 11.1 Å². The first-order chi connectivity index (χ1) is 16.4. The van der Waals surface area contributed by atoms with Crippen molar-refractivity contribution in [3.05, 3.63) is 64.6 Å². The summed E-state index contributed by atoms with van der Waals surface area (Å²) in [6.07, 6.45) is 1.06. The Labute approximate surface area is 197 Å². The lowest BCUT2D eigenvalue weighted by atomic mass is 10.2. The van der Waals surface area contributed by atoms with E-state index in [1.165, 1.54) is 9.47 Å². The molecule has 0 aliphatic rings. The third-order valence-corrected chi connectivity index (χ3v) is 5.29. The van der Waals surface area contributed by atoms with E-state index in [1.54, 1.807) is 30.3 Å². The molecule has 0 radical (unpaired) electrons. The molecule has 1 heterocycles. The molecule has 1 N–H and O–H groups in total. The maximum absolute atomic E-state index is 12.6. The van der Waals surface area contributed by atoms with Gasteiger partial charge in [0.2, 0.25) is 5.91 Å². The Balaban J connectivity index is 1.45. The number of nitrogens with one attached hydrogen (secondary N) is 1. The van der Waals surface area contributed by atoms with E-state index in [2.05, 4.69) is 5.32 Å². The van der Waals surface area contributed by atoms with Crippen LogP contribution in [0.15, 0.2) is 57.7 Å². The summed E-state index contributed by atoms with van der Waals surface area (Å²) in [6.45, 7) is 3.87. The first-order valence-corrected chi connectivity index (χ1v) is 11.3. The number of oxazole rings is 1. The second-order valence-corrected chi connectivity index (χ2v) is 7.93. The summed E-state index contributed by atoms with van der Waals surface area (Å²) < 4.78 is 11.7. The predicted octanol–water partition coefficient (Wildman–Crippen LogP) is 3.10. The molecule has 1 aromatic heterocycles. The van der Waals surface area contributed by atoms with Gasteiger partial charge in [-0.1, -0.05) is 37.3 Å². The average molecular weight is 468 g/mol. The number of ether oxygens (including phenoxy) is 1. The van der Waals surface area contributed by atoms with E-state index >= 15 is 0 Å². The first kappa shape index (κ1) is 24.8. The average Bonchev–Trinajstić information content (AvgIpc) is 3.13. The van der Waals surface area contributed by atoms with Crippen LogP contribution in [0.1, 0.15) is 31.7 Å². The lowest BCUT2D eigenvalue weighted by Crippen LogP contribution is -2.40. The molecule has 0 bridgehead atoms. The van der Waals surface area contributed by atoms with Crippen LogP contribution in [0.25, 0.3) is 11.1 Å². The summed E-state index contributed by atoms with van der Waals surface area (Å²) in [4.78, 5) is 50.5. The molecule has 0 aliphatic heterocycles. The number of amides is 2. The Kier molecular flexibility index (Phi) is 8.61. The normalized spacial score (nSPS) is 10.8. The van der Waals surface area contributed by atoms with Crippen molar-refractivity contribution in [1.82, 2.24) is 9.47 Å². The number of fused-ring (bicyclic) bond motifs is 1. The fraction of sp³-hybridized carbons (Fsp3) is 0.360. The van der Waals surface area contributed by atoms with Crippen molar-refractivity contribution in [3.63, 3.8) is 0 Å². The number of nitrogens with zero attached hydrogens (tertiary/aromatic N) is 2. The summed E-state index contributed by atoms with van der Waals surface area (Å²) in [5.41, 5.74) is 2.76. The Morgan fingerprint density at radius 3 is 2.59 bits per heavy atom. The van der Waals surface area contributed by atoms with Crippen LogP contribution in [-0.4, -0.2) is 46.9 Å². The van der Waals surface area contributed by atoms with E-state index in [-0.39, 0.29) is 18.9 Å². The van der Waals surface area contributed by atoms with E-state index in [0.29, 0.717) is 42.7 Å². The molecule has 9 nitrogen and oxygen atoms in total. The first-order valence-electron chi connectivity index (χ1n) is 11.3. The highest BCUT2D eigenvalue weighted by Gasteiger charge is 2.19. The smallest absolute Gasteiger partial charge is 0.419 e. The predicted molar refractivity (Wildman–Crippen MR) is 127 cm³/mol. The van der Waals surface area contributed by atoms with Gasteiger partial charge in [0.1, 0.15) is 0 Å². The van der Waals surface area contributed by atoms with E-state index < -0.39 is 24.2 Å². The molecule has 3 aromatic rings. The summed E-state index contributed by atoms with van der Waals surface area (Å²) in [7, 11) is 0. The highest BCUT2D eigenvalue weighted by Crippen LogP contribution is 2.14. The summed E-state index contributed by atoms with van der Waals surface area (Å²) in [5.74, 6) is -1.79. The standard InChI is InChI=1S/C25H29N3O6/c1-3-14-27(16-22(29)26-19-10-5-4-9-18(19)2)23(30)17-33-24(31)13-8-15-28-20-11-6-7-12-21(20)34-25(28)32/h4-7,9-12H,3,8,13-17H2,1-2H3,(H,26,29). The monoisotopic (exact) mass is 467 g/mol. The summed E-state index contributed by atoms with van der Waals surface area (Å²) >= 11 is 0. The summed E-state index contributed by atoms with van der Waals surface area (Å²) in [5, 5.41) is 2.80. The molecule has 9 heteroatoms. The molecule has 3 rings (SSSR count). The molecule has 2 aromatic carbocycles. The largest absolute Gasteiger partial charge is 0.456 e. The SMILES string of the molecule is CCCN(CC(=O)Nc1ccccc1C)C(=O)COC(=O)CCCn1c(=O)oc2ccccc21. The highest BCUT2D eigenvalue weighted by molar-refractivity contribution is 5.95. The number of benzene rings is 2. The van der Waals surface area contributed by atoms with Gasteiger partial charge < -0.3 is 19.4 Å².